The van der Waals surface area contributed by atoms with Crippen molar-refractivity contribution < 1.29 is 8.78 Å². The number of alkyl halides is 2. The predicted molar refractivity (Wildman–Crippen MR) is 150 cm³/mol. The maximum atomic E-state index is 13.8. The van der Waals surface area contributed by atoms with Gasteiger partial charge in [0.05, 0.1) is 0 Å². The fourth-order valence-electron chi connectivity index (χ4n) is 5.78. The zero-order valence-corrected chi connectivity index (χ0v) is 22.2. The molecule has 2 aliphatic rings. The molecule has 0 amide bonds. The monoisotopic (exact) mass is 501 g/mol. The van der Waals surface area contributed by atoms with Crippen LogP contribution in [-0.2, 0) is 25.2 Å². The molecule has 3 aromatic rings. The minimum atomic E-state index is -2.85. The summed E-state index contributed by atoms with van der Waals surface area (Å²) in [6.07, 6.45) is 3.05. The second-order valence-electron chi connectivity index (χ2n) is 10.6. The second kappa shape index (κ2) is 10.4. The Morgan fingerprint density at radius 3 is 2.35 bits per heavy atom. The zero-order valence-electron chi connectivity index (χ0n) is 22.2. The number of hydrogen-bond acceptors (Lipinski definition) is 3. The first kappa shape index (κ1) is 25.6. The molecule has 37 heavy (non-hydrogen) atoms. The lowest BCUT2D eigenvalue weighted by atomic mass is 9.91. The molecule has 0 spiro atoms. The average molecular weight is 502 g/mol. The van der Waals surface area contributed by atoms with Crippen LogP contribution in [0.4, 0.5) is 14.5 Å². The van der Waals surface area contributed by atoms with Crippen LogP contribution in [0.15, 0.2) is 67.2 Å². The number of nitrogens with one attached hydrogen (secondary N) is 1. The number of hydrogen-bond donors (Lipinski definition) is 1. The Kier molecular flexibility index (Phi) is 7.19. The van der Waals surface area contributed by atoms with E-state index in [-0.39, 0.29) is 5.56 Å². The van der Waals surface area contributed by atoms with Gasteiger partial charge in [-0.25, -0.2) is 8.78 Å². The largest absolute Gasteiger partial charge is 0.355 e. The van der Waals surface area contributed by atoms with Gasteiger partial charge in [0.2, 0.25) is 0 Å². The molecule has 1 aliphatic carbocycles. The Morgan fingerprint density at radius 2 is 1.68 bits per heavy atom. The first-order valence-corrected chi connectivity index (χ1v) is 13.3. The lowest BCUT2D eigenvalue weighted by Gasteiger charge is -2.36. The highest BCUT2D eigenvalue weighted by molar-refractivity contribution is 5.87. The van der Waals surface area contributed by atoms with Gasteiger partial charge in [0, 0.05) is 61.7 Å². The van der Waals surface area contributed by atoms with Gasteiger partial charge in [-0.2, -0.15) is 0 Å². The average Bonchev–Trinajstić information content (AvgIpc) is 3.31. The number of aryl methyl sites for hydroxylation is 1. The van der Waals surface area contributed by atoms with Gasteiger partial charge >= 0.3 is 0 Å². The van der Waals surface area contributed by atoms with Crippen LogP contribution in [0.5, 0.6) is 0 Å². The van der Waals surface area contributed by atoms with Gasteiger partial charge in [0.15, 0.2) is 0 Å². The number of halogens is 2. The molecule has 1 N–H and O–H groups in total. The molecule has 3 aromatic carbocycles. The van der Waals surface area contributed by atoms with E-state index in [2.05, 4.69) is 66.0 Å². The summed E-state index contributed by atoms with van der Waals surface area (Å²) in [7, 11) is 2.20. The topological polar surface area (TPSA) is 18.5 Å². The predicted octanol–water partition coefficient (Wildman–Crippen LogP) is 6.83. The summed E-state index contributed by atoms with van der Waals surface area (Å²) in [6, 6.07) is 20.1. The number of piperazine rings is 1. The molecule has 5 rings (SSSR count). The van der Waals surface area contributed by atoms with Crippen LogP contribution < -0.4 is 5.32 Å². The molecule has 194 valence electrons. The SMILES string of the molecule is C=C(Nc1ccc2c(c1)CC(N1CCN(C)CC1)C2)c1cccc(CC)c1-c1ccc(C(C)(F)F)cc1. The molecule has 1 aliphatic heterocycles. The van der Waals surface area contributed by atoms with Crippen LogP contribution in [0.3, 0.4) is 0 Å². The number of anilines is 1. The lowest BCUT2D eigenvalue weighted by molar-refractivity contribution is 0.0175. The Bertz CT molecular complexity index is 1270. The van der Waals surface area contributed by atoms with Crippen molar-refractivity contribution in [1.82, 2.24) is 9.80 Å². The third-order valence-electron chi connectivity index (χ3n) is 8.00. The van der Waals surface area contributed by atoms with Crippen LogP contribution in [-0.4, -0.2) is 49.1 Å². The maximum Gasteiger partial charge on any atom is 0.270 e. The molecule has 0 bridgehead atoms. The summed E-state index contributed by atoms with van der Waals surface area (Å²) in [6.45, 7) is 12.0. The van der Waals surface area contributed by atoms with Crippen LogP contribution in [0.25, 0.3) is 16.8 Å². The van der Waals surface area contributed by atoms with E-state index in [4.69, 9.17) is 0 Å². The molecule has 1 atom stereocenters. The lowest BCUT2D eigenvalue weighted by Crippen LogP contribution is -2.49. The van der Waals surface area contributed by atoms with E-state index in [0.717, 1.165) is 80.4 Å². The highest BCUT2D eigenvalue weighted by Crippen LogP contribution is 2.36. The summed E-state index contributed by atoms with van der Waals surface area (Å²) in [5.74, 6) is -2.85. The first-order valence-electron chi connectivity index (χ1n) is 13.3. The van der Waals surface area contributed by atoms with Gasteiger partial charge in [-0.15, -0.1) is 0 Å². The summed E-state index contributed by atoms with van der Waals surface area (Å²) >= 11 is 0. The van der Waals surface area contributed by atoms with Gasteiger partial charge < -0.3 is 10.2 Å². The van der Waals surface area contributed by atoms with Crippen molar-refractivity contribution in [2.45, 2.75) is 45.1 Å². The van der Waals surface area contributed by atoms with E-state index in [1.165, 1.54) is 28.8 Å². The van der Waals surface area contributed by atoms with Crippen molar-refractivity contribution in [3.8, 4) is 11.1 Å². The smallest absolute Gasteiger partial charge is 0.270 e. The highest BCUT2D eigenvalue weighted by Gasteiger charge is 2.29. The van der Waals surface area contributed by atoms with Crippen LogP contribution in [0.1, 0.15) is 41.7 Å². The molecular weight excluding hydrogens is 464 g/mol. The third kappa shape index (κ3) is 5.48. The molecule has 1 fully saturated rings. The maximum absolute atomic E-state index is 13.8. The van der Waals surface area contributed by atoms with E-state index < -0.39 is 5.92 Å². The Labute approximate surface area is 219 Å². The number of fused-ring (bicyclic) bond motifs is 1. The summed E-state index contributed by atoms with van der Waals surface area (Å²) in [5.41, 5.74) is 8.86. The molecular formula is C32H37F2N3. The van der Waals surface area contributed by atoms with Crippen LogP contribution in [0, 0.1) is 0 Å². The van der Waals surface area contributed by atoms with Gasteiger partial charge in [-0.05, 0) is 66.3 Å². The highest BCUT2D eigenvalue weighted by atomic mass is 19.3. The quantitative estimate of drug-likeness (QED) is 0.383. The minimum Gasteiger partial charge on any atom is -0.355 e. The summed E-state index contributed by atoms with van der Waals surface area (Å²) in [4.78, 5) is 5.05. The van der Waals surface area contributed by atoms with Crippen LogP contribution in [0.2, 0.25) is 0 Å². The van der Waals surface area contributed by atoms with Gasteiger partial charge in [-0.3, -0.25) is 4.90 Å². The fourth-order valence-corrected chi connectivity index (χ4v) is 5.78. The number of benzene rings is 3. The van der Waals surface area contributed by atoms with Crippen molar-refractivity contribution in [3.63, 3.8) is 0 Å². The summed E-state index contributed by atoms with van der Waals surface area (Å²) in [5, 5.41) is 3.55. The fraction of sp³-hybridized carbons (Fsp3) is 0.375. The molecule has 1 unspecified atom stereocenters. The molecule has 0 saturated carbocycles. The van der Waals surface area contributed by atoms with Crippen molar-refractivity contribution in [2.24, 2.45) is 0 Å². The number of likely N-dealkylation sites (N-methyl/N-ethyl adjacent to an activating group) is 1. The molecule has 1 heterocycles. The molecule has 3 nitrogen and oxygen atoms in total. The standard InChI is InChI=1S/C32H37F2N3/c1-5-23-7-6-8-30(31(23)24-9-12-27(13-10-24)32(3,33)34)22(2)35-28-14-11-25-20-29(21-26(25)19-28)37-17-15-36(4)16-18-37/h6-14,19,29,35H,2,5,15-18,20-21H2,1,3-4H3. The van der Waals surface area contributed by atoms with Crippen molar-refractivity contribution in [3.05, 3.63) is 95.1 Å². The Morgan fingerprint density at radius 1 is 0.973 bits per heavy atom. The van der Waals surface area contributed by atoms with E-state index in [0.29, 0.717) is 6.04 Å². The zero-order chi connectivity index (χ0) is 26.2. The van der Waals surface area contributed by atoms with Gasteiger partial charge in [0.1, 0.15) is 0 Å². The normalized spacial score (nSPS) is 18.6. The molecule has 5 heteroatoms. The van der Waals surface area contributed by atoms with E-state index in [1.54, 1.807) is 12.1 Å². The molecule has 0 radical (unpaired) electrons. The van der Waals surface area contributed by atoms with E-state index in [1.807, 2.05) is 6.07 Å². The van der Waals surface area contributed by atoms with Crippen molar-refractivity contribution >= 4 is 11.4 Å². The van der Waals surface area contributed by atoms with Gasteiger partial charge in [0.25, 0.3) is 5.92 Å². The third-order valence-corrected chi connectivity index (χ3v) is 8.00. The molecule has 1 saturated heterocycles. The van der Waals surface area contributed by atoms with Crippen molar-refractivity contribution in [2.75, 3.05) is 38.5 Å². The summed E-state index contributed by atoms with van der Waals surface area (Å²) < 4.78 is 27.6. The Balaban J connectivity index is 1.36. The van der Waals surface area contributed by atoms with Crippen LogP contribution >= 0.6 is 0 Å². The second-order valence-corrected chi connectivity index (χ2v) is 10.6. The minimum absolute atomic E-state index is 0.0248. The first-order chi connectivity index (χ1) is 17.7. The molecule has 0 aromatic heterocycles. The van der Waals surface area contributed by atoms with E-state index in [9.17, 15) is 8.78 Å². The number of rotatable bonds is 7. The van der Waals surface area contributed by atoms with Crippen molar-refractivity contribution in [1.29, 1.82) is 0 Å². The Hall–Kier alpha value is -3.02. The van der Waals surface area contributed by atoms with E-state index >= 15 is 0 Å². The number of nitrogens with zero attached hydrogens (tertiary/aromatic N) is 2. The van der Waals surface area contributed by atoms with Gasteiger partial charge in [-0.1, -0.05) is 62.0 Å².